The Morgan fingerprint density at radius 3 is 2.91 bits per heavy atom. The van der Waals surface area contributed by atoms with Gasteiger partial charge < -0.3 is 14.8 Å². The van der Waals surface area contributed by atoms with Crippen LogP contribution in [-0.2, 0) is 11.2 Å². The molecule has 1 aliphatic heterocycles. The van der Waals surface area contributed by atoms with Gasteiger partial charge in [0.1, 0.15) is 18.1 Å². The smallest absolute Gasteiger partial charge is 0.231 e. The van der Waals surface area contributed by atoms with E-state index < -0.39 is 0 Å². The van der Waals surface area contributed by atoms with Gasteiger partial charge >= 0.3 is 0 Å². The van der Waals surface area contributed by atoms with Gasteiger partial charge in [-0.2, -0.15) is 0 Å². The van der Waals surface area contributed by atoms with Crippen LogP contribution in [0, 0.1) is 5.92 Å². The number of benzene rings is 2. The number of carbonyl (C=O) groups is 1. The Bertz CT molecular complexity index is 702. The Morgan fingerprint density at radius 1 is 1.32 bits per heavy atom. The molecule has 0 spiro atoms. The van der Waals surface area contributed by atoms with E-state index in [-0.39, 0.29) is 11.8 Å². The van der Waals surface area contributed by atoms with Gasteiger partial charge in [-0.25, -0.2) is 0 Å². The van der Waals surface area contributed by atoms with Crippen LogP contribution in [-0.4, -0.2) is 19.6 Å². The van der Waals surface area contributed by atoms with Crippen molar-refractivity contribution in [2.75, 3.05) is 19.0 Å². The molecule has 1 heterocycles. The van der Waals surface area contributed by atoms with Crippen molar-refractivity contribution in [2.45, 2.75) is 6.42 Å². The van der Waals surface area contributed by atoms with Crippen molar-refractivity contribution < 1.29 is 14.3 Å². The van der Waals surface area contributed by atoms with Crippen LogP contribution in [0.15, 0.2) is 46.9 Å². The predicted octanol–water partition coefficient (Wildman–Crippen LogP) is 3.65. The molecule has 1 N–H and O–H groups in total. The van der Waals surface area contributed by atoms with Crippen molar-refractivity contribution in [3.63, 3.8) is 0 Å². The number of rotatable bonds is 3. The van der Waals surface area contributed by atoms with Crippen LogP contribution in [0.5, 0.6) is 11.5 Å². The summed E-state index contributed by atoms with van der Waals surface area (Å²) >= 11 is 3.43. The summed E-state index contributed by atoms with van der Waals surface area (Å²) in [4.78, 5) is 12.4. The molecular formula is C17H16BrNO3. The molecule has 22 heavy (non-hydrogen) atoms. The first-order valence-electron chi connectivity index (χ1n) is 7.02. The summed E-state index contributed by atoms with van der Waals surface area (Å²) in [5, 5.41) is 2.94. The van der Waals surface area contributed by atoms with Crippen LogP contribution < -0.4 is 14.8 Å². The molecular weight excluding hydrogens is 346 g/mol. The van der Waals surface area contributed by atoms with Gasteiger partial charge in [-0.3, -0.25) is 4.79 Å². The molecule has 0 fully saturated rings. The summed E-state index contributed by atoms with van der Waals surface area (Å²) in [6.07, 6.45) is 0.642. The van der Waals surface area contributed by atoms with Gasteiger partial charge in [0.25, 0.3) is 0 Å². The maximum absolute atomic E-state index is 12.4. The minimum absolute atomic E-state index is 0.0413. The molecule has 0 bridgehead atoms. The van der Waals surface area contributed by atoms with Gasteiger partial charge in [-0.1, -0.05) is 12.1 Å². The van der Waals surface area contributed by atoms with Crippen molar-refractivity contribution in [2.24, 2.45) is 5.92 Å². The number of halogens is 1. The van der Waals surface area contributed by atoms with E-state index >= 15 is 0 Å². The summed E-state index contributed by atoms with van der Waals surface area (Å²) in [5.74, 6) is 1.34. The van der Waals surface area contributed by atoms with Gasteiger partial charge in [0, 0.05) is 4.47 Å². The lowest BCUT2D eigenvalue weighted by atomic mass is 9.95. The number of hydrogen-bond donors (Lipinski definition) is 1. The van der Waals surface area contributed by atoms with E-state index in [0.29, 0.717) is 13.0 Å². The maximum atomic E-state index is 12.4. The second kappa shape index (κ2) is 6.40. The zero-order valence-electron chi connectivity index (χ0n) is 12.1. The van der Waals surface area contributed by atoms with Crippen LogP contribution in [0.3, 0.4) is 0 Å². The molecule has 4 nitrogen and oxygen atoms in total. The molecule has 2 aromatic rings. The predicted molar refractivity (Wildman–Crippen MR) is 88.5 cm³/mol. The van der Waals surface area contributed by atoms with Crippen molar-refractivity contribution in [1.29, 1.82) is 0 Å². The molecule has 1 aliphatic rings. The molecule has 1 amide bonds. The topological polar surface area (TPSA) is 47.6 Å². The van der Waals surface area contributed by atoms with E-state index in [1.807, 2.05) is 42.5 Å². The quantitative estimate of drug-likeness (QED) is 0.907. The SMILES string of the molecule is COc1ccc2c(c1)C[C@@H](C(=O)Nc1ccccc1Br)CO2. The fourth-order valence-electron chi connectivity index (χ4n) is 2.46. The number of methoxy groups -OCH3 is 1. The summed E-state index contributed by atoms with van der Waals surface area (Å²) in [6, 6.07) is 13.2. The Morgan fingerprint density at radius 2 is 2.14 bits per heavy atom. The van der Waals surface area contributed by atoms with E-state index in [0.717, 1.165) is 27.2 Å². The summed E-state index contributed by atoms with van der Waals surface area (Å²) in [6.45, 7) is 0.385. The van der Waals surface area contributed by atoms with Gasteiger partial charge in [0.15, 0.2) is 0 Å². The minimum atomic E-state index is -0.216. The highest BCUT2D eigenvalue weighted by Crippen LogP contribution is 2.31. The normalized spacial score (nSPS) is 16.4. The number of fused-ring (bicyclic) bond motifs is 1. The van der Waals surface area contributed by atoms with E-state index in [1.54, 1.807) is 7.11 Å². The van der Waals surface area contributed by atoms with Gasteiger partial charge in [0.2, 0.25) is 5.91 Å². The average Bonchev–Trinajstić information content (AvgIpc) is 2.55. The van der Waals surface area contributed by atoms with Crippen molar-refractivity contribution >= 4 is 27.5 Å². The molecule has 114 valence electrons. The van der Waals surface area contributed by atoms with Crippen LogP contribution in [0.1, 0.15) is 5.56 Å². The van der Waals surface area contributed by atoms with Gasteiger partial charge in [0.05, 0.1) is 18.7 Å². The lowest BCUT2D eigenvalue weighted by molar-refractivity contribution is -0.121. The zero-order chi connectivity index (χ0) is 15.5. The lowest BCUT2D eigenvalue weighted by Crippen LogP contribution is -2.32. The number of amides is 1. The highest BCUT2D eigenvalue weighted by molar-refractivity contribution is 9.10. The van der Waals surface area contributed by atoms with Crippen molar-refractivity contribution in [3.05, 3.63) is 52.5 Å². The largest absolute Gasteiger partial charge is 0.497 e. The number of para-hydroxylation sites is 1. The first kappa shape index (κ1) is 14.9. The standard InChI is InChI=1S/C17H16BrNO3/c1-21-13-6-7-16-11(9-13)8-12(10-22-16)17(20)19-15-5-3-2-4-14(15)18/h2-7,9,12H,8,10H2,1H3,(H,19,20)/t12-/m1/s1. The first-order chi connectivity index (χ1) is 10.7. The molecule has 5 heteroatoms. The fourth-order valence-corrected chi connectivity index (χ4v) is 2.85. The highest BCUT2D eigenvalue weighted by atomic mass is 79.9. The number of anilines is 1. The molecule has 0 unspecified atom stereocenters. The molecule has 1 atom stereocenters. The number of carbonyl (C=O) groups excluding carboxylic acids is 1. The van der Waals surface area contributed by atoms with Crippen LogP contribution in [0.4, 0.5) is 5.69 Å². The monoisotopic (exact) mass is 361 g/mol. The molecule has 3 rings (SSSR count). The van der Waals surface area contributed by atoms with E-state index in [1.165, 1.54) is 0 Å². The molecule has 2 aromatic carbocycles. The van der Waals surface area contributed by atoms with Crippen LogP contribution >= 0.6 is 15.9 Å². The van der Waals surface area contributed by atoms with E-state index in [4.69, 9.17) is 9.47 Å². The Hall–Kier alpha value is -2.01. The van der Waals surface area contributed by atoms with E-state index in [2.05, 4.69) is 21.2 Å². The first-order valence-corrected chi connectivity index (χ1v) is 7.82. The average molecular weight is 362 g/mol. The third kappa shape index (κ3) is 3.09. The van der Waals surface area contributed by atoms with Crippen LogP contribution in [0.2, 0.25) is 0 Å². The van der Waals surface area contributed by atoms with Crippen molar-refractivity contribution in [1.82, 2.24) is 0 Å². The highest BCUT2D eigenvalue weighted by Gasteiger charge is 2.26. The van der Waals surface area contributed by atoms with Crippen molar-refractivity contribution in [3.8, 4) is 11.5 Å². The lowest BCUT2D eigenvalue weighted by Gasteiger charge is -2.25. The molecule has 0 aliphatic carbocycles. The second-order valence-corrected chi connectivity index (χ2v) is 6.01. The number of nitrogens with one attached hydrogen (secondary N) is 1. The number of hydrogen-bond acceptors (Lipinski definition) is 3. The zero-order valence-corrected chi connectivity index (χ0v) is 13.7. The summed E-state index contributed by atoms with van der Waals surface area (Å²) in [5.41, 5.74) is 1.77. The Kier molecular flexibility index (Phi) is 4.34. The Balaban J connectivity index is 1.73. The van der Waals surface area contributed by atoms with Gasteiger partial charge in [-0.15, -0.1) is 0 Å². The molecule has 0 saturated heterocycles. The van der Waals surface area contributed by atoms with Gasteiger partial charge in [-0.05, 0) is 58.2 Å². The Labute approximate surface area is 137 Å². The number of ether oxygens (including phenoxy) is 2. The molecule has 0 radical (unpaired) electrons. The minimum Gasteiger partial charge on any atom is -0.497 e. The second-order valence-electron chi connectivity index (χ2n) is 5.15. The molecule has 0 aromatic heterocycles. The maximum Gasteiger partial charge on any atom is 0.231 e. The third-order valence-corrected chi connectivity index (χ3v) is 4.37. The summed E-state index contributed by atoms with van der Waals surface area (Å²) < 4.78 is 11.8. The fraction of sp³-hybridized carbons (Fsp3) is 0.235. The summed E-state index contributed by atoms with van der Waals surface area (Å²) in [7, 11) is 1.63. The third-order valence-electron chi connectivity index (χ3n) is 3.68. The van der Waals surface area contributed by atoms with E-state index in [9.17, 15) is 4.79 Å². The molecule has 0 saturated carbocycles. The van der Waals surface area contributed by atoms with Crippen LogP contribution in [0.25, 0.3) is 0 Å².